The summed E-state index contributed by atoms with van der Waals surface area (Å²) in [4.78, 5) is 4.46. The maximum absolute atomic E-state index is 9.73. The number of nitrogens with two attached hydrogens (primary N) is 1. The van der Waals surface area contributed by atoms with Crippen LogP contribution in [0.4, 0.5) is 5.82 Å². The number of benzene rings is 2. The van der Waals surface area contributed by atoms with Crippen molar-refractivity contribution < 1.29 is 4.74 Å². The van der Waals surface area contributed by atoms with E-state index in [1.165, 1.54) is 0 Å². The number of aromatic nitrogens is 1. The number of hydrogen-bond acceptors (Lipinski definition) is 4. The molecule has 0 bridgehead atoms. The summed E-state index contributed by atoms with van der Waals surface area (Å²) in [7, 11) is 1.59. The van der Waals surface area contributed by atoms with Crippen molar-refractivity contribution in [3.63, 3.8) is 0 Å². The van der Waals surface area contributed by atoms with Gasteiger partial charge in [-0.15, -0.1) is 0 Å². The zero-order valence-corrected chi connectivity index (χ0v) is 16.3. The average Bonchev–Trinajstić information content (AvgIpc) is 2.63. The van der Waals surface area contributed by atoms with Crippen molar-refractivity contribution in [3.8, 4) is 22.9 Å². The van der Waals surface area contributed by atoms with Crippen molar-refractivity contribution in [1.82, 2.24) is 4.98 Å². The molecule has 3 rings (SSSR count). The first kappa shape index (κ1) is 18.8. The Bertz CT molecular complexity index is 961. The molecule has 0 amide bonds. The van der Waals surface area contributed by atoms with Gasteiger partial charge in [0, 0.05) is 21.0 Å². The highest BCUT2D eigenvalue weighted by Crippen LogP contribution is 2.39. The smallest absolute Gasteiger partial charge is 0.133 e. The normalized spacial score (nSPS) is 9.92. The van der Waals surface area contributed by atoms with Crippen LogP contribution in [0.3, 0.4) is 0 Å². The Hall–Kier alpha value is -2.58. The molecular weight excluding hydrogens is 378 g/mol. The molecule has 0 unspecified atom stereocenters. The van der Waals surface area contributed by atoms with E-state index in [0.717, 1.165) is 21.0 Å². The minimum Gasteiger partial charge on any atom is -0.496 e. The zero-order valence-electron chi connectivity index (χ0n) is 14.7. The molecule has 3 aromatic rings. The summed E-state index contributed by atoms with van der Waals surface area (Å²) in [6, 6.07) is 13.7. The van der Waals surface area contributed by atoms with Gasteiger partial charge in [-0.25, -0.2) is 4.98 Å². The van der Waals surface area contributed by atoms with Gasteiger partial charge in [0.2, 0.25) is 0 Å². The quantitative estimate of drug-likeness (QED) is 0.622. The van der Waals surface area contributed by atoms with Gasteiger partial charge in [-0.1, -0.05) is 41.4 Å². The van der Waals surface area contributed by atoms with Gasteiger partial charge in [0.1, 0.15) is 17.6 Å². The molecule has 0 saturated heterocycles. The zero-order chi connectivity index (χ0) is 18.6. The van der Waals surface area contributed by atoms with Gasteiger partial charge in [0.15, 0.2) is 0 Å². The van der Waals surface area contributed by atoms with Crippen LogP contribution in [0.25, 0.3) is 22.0 Å². The number of nitriles is 1. The van der Waals surface area contributed by atoms with Gasteiger partial charge in [0.05, 0.1) is 18.2 Å². The number of fused-ring (bicyclic) bond motifs is 1. The van der Waals surface area contributed by atoms with E-state index in [-0.39, 0.29) is 0 Å². The molecular formula is C20H20BrN3O. The number of aryl methyl sites for hydroxylation is 1. The third-order valence-electron chi connectivity index (χ3n) is 3.71. The molecule has 1 heterocycles. The largest absolute Gasteiger partial charge is 0.496 e. The first-order valence-electron chi connectivity index (χ1n) is 7.99. The molecule has 2 N–H and O–H groups in total. The van der Waals surface area contributed by atoms with E-state index in [1.807, 2.05) is 57.2 Å². The van der Waals surface area contributed by atoms with Crippen LogP contribution in [-0.2, 0) is 0 Å². The number of hydrogen-bond donors (Lipinski definition) is 1. The van der Waals surface area contributed by atoms with E-state index in [2.05, 4.69) is 27.0 Å². The standard InChI is InChI=1S/C18H14BrN3O.C2H6/c1-10-3-6-15-13(7-10)14(9-20)17(18(21)22-15)12-5-4-11(19)8-16(12)23-2;1-2/h3-8H,1-2H3,(H2,21,22);1-2H3. The van der Waals surface area contributed by atoms with Gasteiger partial charge in [-0.2, -0.15) is 5.26 Å². The van der Waals surface area contributed by atoms with Gasteiger partial charge in [-0.3, -0.25) is 0 Å². The van der Waals surface area contributed by atoms with Crippen LogP contribution in [-0.4, -0.2) is 12.1 Å². The first-order chi connectivity index (χ1) is 12.0. The number of rotatable bonds is 2. The van der Waals surface area contributed by atoms with Crippen LogP contribution in [0.5, 0.6) is 5.75 Å². The summed E-state index contributed by atoms with van der Waals surface area (Å²) in [6.45, 7) is 5.98. The van der Waals surface area contributed by atoms with E-state index in [4.69, 9.17) is 10.5 Å². The maximum atomic E-state index is 9.73. The number of methoxy groups -OCH3 is 1. The van der Waals surface area contributed by atoms with Gasteiger partial charge in [-0.05, 0) is 37.3 Å². The van der Waals surface area contributed by atoms with Crippen LogP contribution in [0.15, 0.2) is 40.9 Å². The Kier molecular flexibility index (Phi) is 6.00. The molecule has 0 aliphatic rings. The van der Waals surface area contributed by atoms with Crippen LogP contribution in [0.1, 0.15) is 25.0 Å². The molecule has 0 saturated carbocycles. The molecule has 0 atom stereocenters. The SMILES string of the molecule is CC.COc1cc(Br)ccc1-c1c(N)nc2ccc(C)cc2c1C#N. The highest BCUT2D eigenvalue weighted by molar-refractivity contribution is 9.10. The van der Waals surface area contributed by atoms with E-state index in [0.29, 0.717) is 28.2 Å². The average molecular weight is 398 g/mol. The molecule has 128 valence electrons. The molecule has 0 spiro atoms. The fourth-order valence-electron chi connectivity index (χ4n) is 2.66. The van der Waals surface area contributed by atoms with Gasteiger partial charge >= 0.3 is 0 Å². The predicted molar refractivity (Wildman–Crippen MR) is 107 cm³/mol. The van der Waals surface area contributed by atoms with E-state index < -0.39 is 0 Å². The Morgan fingerprint density at radius 3 is 2.52 bits per heavy atom. The number of nitrogens with zero attached hydrogens (tertiary/aromatic N) is 2. The molecule has 1 aromatic heterocycles. The molecule has 2 aromatic carbocycles. The second-order valence-electron chi connectivity index (χ2n) is 5.22. The fourth-order valence-corrected chi connectivity index (χ4v) is 3.00. The Morgan fingerprint density at radius 2 is 1.88 bits per heavy atom. The van der Waals surface area contributed by atoms with Crippen molar-refractivity contribution in [2.45, 2.75) is 20.8 Å². The van der Waals surface area contributed by atoms with Crippen molar-refractivity contribution in [3.05, 3.63) is 52.0 Å². The number of halogens is 1. The van der Waals surface area contributed by atoms with Crippen molar-refractivity contribution in [1.29, 1.82) is 5.26 Å². The van der Waals surface area contributed by atoms with Gasteiger partial charge in [0.25, 0.3) is 0 Å². The second kappa shape index (κ2) is 8.00. The highest BCUT2D eigenvalue weighted by atomic mass is 79.9. The van der Waals surface area contributed by atoms with Crippen molar-refractivity contribution >= 4 is 32.7 Å². The van der Waals surface area contributed by atoms with Crippen LogP contribution >= 0.6 is 15.9 Å². The lowest BCUT2D eigenvalue weighted by atomic mass is 9.96. The second-order valence-corrected chi connectivity index (χ2v) is 6.14. The van der Waals surface area contributed by atoms with Crippen LogP contribution < -0.4 is 10.5 Å². The molecule has 0 aliphatic heterocycles. The molecule has 5 heteroatoms. The van der Waals surface area contributed by atoms with Crippen molar-refractivity contribution in [2.75, 3.05) is 12.8 Å². The monoisotopic (exact) mass is 397 g/mol. The third kappa shape index (κ3) is 3.59. The summed E-state index contributed by atoms with van der Waals surface area (Å²) < 4.78 is 6.34. The predicted octanol–water partition coefficient (Wildman–Crippen LogP) is 5.46. The lowest BCUT2D eigenvalue weighted by molar-refractivity contribution is 0.416. The Balaban J connectivity index is 0.00000109. The summed E-state index contributed by atoms with van der Waals surface area (Å²) in [5, 5.41) is 10.5. The Labute approximate surface area is 156 Å². The summed E-state index contributed by atoms with van der Waals surface area (Å²) in [5.74, 6) is 0.954. The number of nitrogen functional groups attached to an aromatic ring is 1. The lowest BCUT2D eigenvalue weighted by Gasteiger charge is -2.14. The van der Waals surface area contributed by atoms with E-state index in [1.54, 1.807) is 7.11 Å². The summed E-state index contributed by atoms with van der Waals surface area (Å²) in [5.41, 5.74) is 9.81. The van der Waals surface area contributed by atoms with Crippen LogP contribution in [0.2, 0.25) is 0 Å². The number of ether oxygens (including phenoxy) is 1. The van der Waals surface area contributed by atoms with E-state index in [9.17, 15) is 5.26 Å². The van der Waals surface area contributed by atoms with Gasteiger partial charge < -0.3 is 10.5 Å². The molecule has 0 fully saturated rings. The molecule has 25 heavy (non-hydrogen) atoms. The molecule has 0 aliphatic carbocycles. The Morgan fingerprint density at radius 1 is 1.16 bits per heavy atom. The highest BCUT2D eigenvalue weighted by Gasteiger charge is 2.18. The minimum atomic E-state index is 0.318. The molecule has 0 radical (unpaired) electrons. The number of anilines is 1. The topological polar surface area (TPSA) is 71.9 Å². The van der Waals surface area contributed by atoms with Crippen LogP contribution in [0, 0.1) is 18.3 Å². The maximum Gasteiger partial charge on any atom is 0.133 e. The number of pyridine rings is 1. The van der Waals surface area contributed by atoms with Crippen molar-refractivity contribution in [2.24, 2.45) is 0 Å². The molecule has 4 nitrogen and oxygen atoms in total. The van der Waals surface area contributed by atoms with E-state index >= 15 is 0 Å². The summed E-state index contributed by atoms with van der Waals surface area (Å²) >= 11 is 3.42. The fraction of sp³-hybridized carbons (Fsp3) is 0.200. The first-order valence-corrected chi connectivity index (χ1v) is 8.78. The third-order valence-corrected chi connectivity index (χ3v) is 4.21. The summed E-state index contributed by atoms with van der Waals surface area (Å²) in [6.07, 6.45) is 0. The lowest BCUT2D eigenvalue weighted by Crippen LogP contribution is -2.01. The minimum absolute atomic E-state index is 0.318.